The largest absolute Gasteiger partial charge is 0.478 e. The van der Waals surface area contributed by atoms with E-state index in [9.17, 15) is 4.79 Å². The number of hydrogen-bond donors (Lipinski definition) is 2. The topological polar surface area (TPSA) is 49.3 Å². The summed E-state index contributed by atoms with van der Waals surface area (Å²) in [5, 5.41) is 12.6. The van der Waals surface area contributed by atoms with E-state index in [-0.39, 0.29) is 0 Å². The van der Waals surface area contributed by atoms with Gasteiger partial charge < -0.3 is 10.4 Å². The second-order valence-corrected chi connectivity index (χ2v) is 5.79. The van der Waals surface area contributed by atoms with Crippen LogP contribution in [-0.2, 0) is 0 Å². The average molecular weight is 261 g/mol. The Kier molecular flexibility index (Phi) is 4.46. The molecule has 2 unspecified atom stereocenters. The maximum atomic E-state index is 10.9. The van der Waals surface area contributed by atoms with E-state index in [4.69, 9.17) is 5.11 Å². The fourth-order valence-electron chi connectivity index (χ4n) is 2.81. The van der Waals surface area contributed by atoms with Crippen molar-refractivity contribution in [2.75, 3.05) is 5.32 Å². The molecule has 19 heavy (non-hydrogen) atoms. The van der Waals surface area contributed by atoms with Crippen molar-refractivity contribution in [3.05, 3.63) is 29.3 Å². The Balaban J connectivity index is 2.04. The molecule has 3 heteroatoms. The predicted octanol–water partition coefficient (Wildman–Crippen LogP) is 4.07. The summed E-state index contributed by atoms with van der Waals surface area (Å²) in [6, 6.07) is 5.84. The first-order valence-corrected chi connectivity index (χ1v) is 7.16. The third-order valence-corrected chi connectivity index (χ3v) is 4.09. The van der Waals surface area contributed by atoms with Crippen LogP contribution in [0.25, 0.3) is 0 Å². The monoisotopic (exact) mass is 261 g/mol. The van der Waals surface area contributed by atoms with Crippen LogP contribution in [0.5, 0.6) is 0 Å². The molecule has 1 saturated carbocycles. The standard InChI is InChI=1S/C16H23NO2/c1-11-4-3-5-14(8-6-11)17-15-9-7-13(16(18)19)10-12(15)2/h7,9-11,14,17H,3-6,8H2,1-2H3,(H,18,19). The zero-order valence-electron chi connectivity index (χ0n) is 11.8. The highest BCUT2D eigenvalue weighted by molar-refractivity contribution is 5.88. The van der Waals surface area contributed by atoms with Crippen molar-refractivity contribution in [2.24, 2.45) is 5.92 Å². The Morgan fingerprint density at radius 1 is 1.26 bits per heavy atom. The molecule has 2 rings (SSSR count). The molecule has 1 aromatic carbocycles. The fraction of sp³-hybridized carbons (Fsp3) is 0.562. The molecule has 0 aromatic heterocycles. The van der Waals surface area contributed by atoms with Gasteiger partial charge in [0.2, 0.25) is 0 Å². The smallest absolute Gasteiger partial charge is 0.335 e. The minimum atomic E-state index is -0.863. The summed E-state index contributed by atoms with van der Waals surface area (Å²) >= 11 is 0. The van der Waals surface area contributed by atoms with Gasteiger partial charge in [-0.05, 0) is 55.9 Å². The van der Waals surface area contributed by atoms with Gasteiger partial charge in [-0.3, -0.25) is 0 Å². The van der Waals surface area contributed by atoms with E-state index in [1.165, 1.54) is 32.1 Å². The molecule has 0 radical (unpaired) electrons. The first-order valence-electron chi connectivity index (χ1n) is 7.16. The number of rotatable bonds is 3. The highest BCUT2D eigenvalue weighted by Gasteiger charge is 2.16. The molecule has 3 nitrogen and oxygen atoms in total. The second-order valence-electron chi connectivity index (χ2n) is 5.79. The van der Waals surface area contributed by atoms with Crippen LogP contribution in [0.3, 0.4) is 0 Å². The van der Waals surface area contributed by atoms with Crippen molar-refractivity contribution in [3.63, 3.8) is 0 Å². The molecule has 2 atom stereocenters. The third-order valence-electron chi connectivity index (χ3n) is 4.09. The number of carboxylic acids is 1. The molecule has 0 aliphatic heterocycles. The predicted molar refractivity (Wildman–Crippen MR) is 77.8 cm³/mol. The molecule has 0 saturated heterocycles. The van der Waals surface area contributed by atoms with Crippen LogP contribution < -0.4 is 5.32 Å². The number of nitrogens with one attached hydrogen (secondary N) is 1. The molecule has 0 amide bonds. The Hall–Kier alpha value is -1.51. The van der Waals surface area contributed by atoms with E-state index in [1.807, 2.05) is 13.0 Å². The van der Waals surface area contributed by atoms with Crippen LogP contribution in [0, 0.1) is 12.8 Å². The average Bonchev–Trinajstić information content (AvgIpc) is 2.57. The number of hydrogen-bond acceptors (Lipinski definition) is 2. The molecule has 0 spiro atoms. The van der Waals surface area contributed by atoms with Crippen molar-refractivity contribution >= 4 is 11.7 Å². The Bertz CT molecular complexity index is 456. The SMILES string of the molecule is Cc1cc(C(=O)O)ccc1NC1CCCC(C)CC1. The fourth-order valence-corrected chi connectivity index (χ4v) is 2.81. The van der Waals surface area contributed by atoms with E-state index in [1.54, 1.807) is 12.1 Å². The summed E-state index contributed by atoms with van der Waals surface area (Å²) in [5.74, 6) is -0.0276. The van der Waals surface area contributed by atoms with Gasteiger partial charge in [0, 0.05) is 11.7 Å². The summed E-state index contributed by atoms with van der Waals surface area (Å²) in [6.45, 7) is 4.30. The van der Waals surface area contributed by atoms with Gasteiger partial charge in [-0.1, -0.05) is 19.8 Å². The normalized spacial score (nSPS) is 23.7. The van der Waals surface area contributed by atoms with Gasteiger partial charge in [0.1, 0.15) is 0 Å². The molecular formula is C16H23NO2. The summed E-state index contributed by atoms with van der Waals surface area (Å²) in [5.41, 5.74) is 2.44. The number of aromatic carboxylic acids is 1. The highest BCUT2D eigenvalue weighted by Crippen LogP contribution is 2.26. The minimum absolute atomic E-state index is 0.359. The second kappa shape index (κ2) is 6.09. The summed E-state index contributed by atoms with van der Waals surface area (Å²) in [7, 11) is 0. The van der Waals surface area contributed by atoms with Crippen molar-refractivity contribution in [1.29, 1.82) is 0 Å². The van der Waals surface area contributed by atoms with E-state index >= 15 is 0 Å². The lowest BCUT2D eigenvalue weighted by Crippen LogP contribution is -2.19. The van der Waals surface area contributed by atoms with Gasteiger partial charge in [-0.2, -0.15) is 0 Å². The molecule has 2 N–H and O–H groups in total. The summed E-state index contributed by atoms with van der Waals surface area (Å²) in [4.78, 5) is 10.9. The Morgan fingerprint density at radius 2 is 2.05 bits per heavy atom. The first-order chi connectivity index (χ1) is 9.06. The molecule has 0 bridgehead atoms. The highest BCUT2D eigenvalue weighted by atomic mass is 16.4. The van der Waals surface area contributed by atoms with Crippen LogP contribution in [0.4, 0.5) is 5.69 Å². The van der Waals surface area contributed by atoms with Crippen LogP contribution >= 0.6 is 0 Å². The van der Waals surface area contributed by atoms with Crippen LogP contribution in [0.1, 0.15) is 54.9 Å². The summed E-state index contributed by atoms with van der Waals surface area (Å²) in [6.07, 6.45) is 6.32. The van der Waals surface area contributed by atoms with Gasteiger partial charge in [-0.25, -0.2) is 4.79 Å². The van der Waals surface area contributed by atoms with Crippen LogP contribution in [0.2, 0.25) is 0 Å². The van der Waals surface area contributed by atoms with Crippen LogP contribution in [0.15, 0.2) is 18.2 Å². The Morgan fingerprint density at radius 3 is 2.74 bits per heavy atom. The number of aryl methyl sites for hydroxylation is 1. The molecule has 1 fully saturated rings. The number of anilines is 1. The maximum absolute atomic E-state index is 10.9. The zero-order valence-corrected chi connectivity index (χ0v) is 11.8. The lowest BCUT2D eigenvalue weighted by atomic mass is 10.0. The lowest BCUT2D eigenvalue weighted by molar-refractivity contribution is 0.0697. The molecular weight excluding hydrogens is 238 g/mol. The van der Waals surface area contributed by atoms with Crippen molar-refractivity contribution in [2.45, 2.75) is 52.0 Å². The quantitative estimate of drug-likeness (QED) is 0.806. The molecule has 104 valence electrons. The third kappa shape index (κ3) is 3.72. The number of benzene rings is 1. The van der Waals surface area contributed by atoms with Gasteiger partial charge in [0.05, 0.1) is 5.56 Å². The number of carbonyl (C=O) groups is 1. The minimum Gasteiger partial charge on any atom is -0.478 e. The molecule has 1 aliphatic rings. The lowest BCUT2D eigenvalue weighted by Gasteiger charge is -2.19. The molecule has 1 aliphatic carbocycles. The first kappa shape index (κ1) is 13.9. The van der Waals surface area contributed by atoms with Crippen molar-refractivity contribution < 1.29 is 9.90 Å². The molecule has 1 aromatic rings. The zero-order chi connectivity index (χ0) is 13.8. The van der Waals surface area contributed by atoms with Crippen molar-refractivity contribution in [1.82, 2.24) is 0 Å². The Labute approximate surface area is 115 Å². The van der Waals surface area contributed by atoms with E-state index in [2.05, 4.69) is 12.2 Å². The molecule has 0 heterocycles. The van der Waals surface area contributed by atoms with E-state index in [0.29, 0.717) is 11.6 Å². The van der Waals surface area contributed by atoms with Crippen molar-refractivity contribution in [3.8, 4) is 0 Å². The maximum Gasteiger partial charge on any atom is 0.335 e. The van der Waals surface area contributed by atoms with Gasteiger partial charge in [0.15, 0.2) is 0 Å². The van der Waals surface area contributed by atoms with Gasteiger partial charge >= 0.3 is 5.97 Å². The summed E-state index contributed by atoms with van der Waals surface area (Å²) < 4.78 is 0. The number of carboxylic acid groups (broad SMARTS) is 1. The van der Waals surface area contributed by atoms with Gasteiger partial charge in [0.25, 0.3) is 0 Å². The van der Waals surface area contributed by atoms with Gasteiger partial charge in [-0.15, -0.1) is 0 Å². The van der Waals surface area contributed by atoms with E-state index in [0.717, 1.165) is 17.2 Å². The van der Waals surface area contributed by atoms with E-state index < -0.39 is 5.97 Å². The van der Waals surface area contributed by atoms with Crippen LogP contribution in [-0.4, -0.2) is 17.1 Å².